The maximum atomic E-state index is 10.7. The number of nitrogens with one attached hydrogen (secondary N) is 2. The van der Waals surface area contributed by atoms with Crippen LogP contribution < -0.4 is 11.5 Å². The van der Waals surface area contributed by atoms with Crippen molar-refractivity contribution in [3.05, 3.63) is 72.1 Å². The summed E-state index contributed by atoms with van der Waals surface area (Å²) in [4.78, 5) is 21.4. The van der Waals surface area contributed by atoms with Crippen LogP contribution in [0.4, 0.5) is 0 Å². The zero-order valence-electron chi connectivity index (χ0n) is 19.0. The predicted octanol–water partition coefficient (Wildman–Crippen LogP) is 1.47. The number of benzene rings is 2. The maximum absolute atomic E-state index is 10.7. The van der Waals surface area contributed by atoms with Crippen LogP contribution in [0.5, 0.6) is 11.5 Å². The second-order valence-corrected chi connectivity index (χ2v) is 7.94. The fraction of sp³-hybridized carbons (Fsp3) is 0.167. The van der Waals surface area contributed by atoms with E-state index < -0.39 is 24.0 Å². The van der Waals surface area contributed by atoms with Gasteiger partial charge in [-0.05, 0) is 60.4 Å². The number of aromatic amines is 2. The minimum absolute atomic E-state index is 0.104. The van der Waals surface area contributed by atoms with Gasteiger partial charge in [-0.15, -0.1) is 0 Å². The van der Waals surface area contributed by atoms with Crippen molar-refractivity contribution in [1.82, 2.24) is 20.4 Å². The fourth-order valence-corrected chi connectivity index (χ4v) is 3.35. The van der Waals surface area contributed by atoms with E-state index in [1.807, 2.05) is 0 Å². The van der Waals surface area contributed by atoms with Gasteiger partial charge in [0.2, 0.25) is 0 Å². The van der Waals surface area contributed by atoms with Crippen LogP contribution >= 0.6 is 0 Å². The minimum atomic E-state index is -1.05. The second kappa shape index (κ2) is 11.6. The van der Waals surface area contributed by atoms with Gasteiger partial charge in [-0.25, -0.2) is 0 Å². The average molecular weight is 495 g/mol. The number of rotatable bonds is 8. The summed E-state index contributed by atoms with van der Waals surface area (Å²) in [5.41, 5.74) is 14.9. The van der Waals surface area contributed by atoms with Crippen molar-refractivity contribution >= 4 is 11.9 Å². The number of carboxylic acid groups (broad SMARTS) is 2. The third-order valence-electron chi connectivity index (χ3n) is 5.25. The third kappa shape index (κ3) is 6.68. The van der Waals surface area contributed by atoms with Crippen LogP contribution in [0.3, 0.4) is 0 Å². The molecule has 2 aromatic heterocycles. The molecule has 0 amide bonds. The van der Waals surface area contributed by atoms with E-state index in [1.54, 1.807) is 48.8 Å². The molecule has 2 atom stereocenters. The lowest BCUT2D eigenvalue weighted by molar-refractivity contribution is -0.139. The van der Waals surface area contributed by atoms with E-state index >= 15 is 0 Å². The van der Waals surface area contributed by atoms with Gasteiger partial charge in [0.15, 0.2) is 0 Å². The molecular formula is C24H26N6O6. The molecule has 36 heavy (non-hydrogen) atoms. The van der Waals surface area contributed by atoms with Crippen molar-refractivity contribution in [3.63, 3.8) is 0 Å². The Morgan fingerprint density at radius 2 is 1.11 bits per heavy atom. The van der Waals surface area contributed by atoms with Crippen molar-refractivity contribution in [1.29, 1.82) is 0 Å². The first-order chi connectivity index (χ1) is 17.2. The summed E-state index contributed by atoms with van der Waals surface area (Å²) in [7, 11) is 0. The first-order valence-corrected chi connectivity index (χ1v) is 10.8. The van der Waals surface area contributed by atoms with Gasteiger partial charge in [0.25, 0.3) is 0 Å². The minimum Gasteiger partial charge on any atom is -0.507 e. The lowest BCUT2D eigenvalue weighted by atomic mass is 10.0. The molecule has 0 saturated heterocycles. The van der Waals surface area contributed by atoms with Crippen molar-refractivity contribution in [2.75, 3.05) is 0 Å². The van der Waals surface area contributed by atoms with Crippen LogP contribution in [0.2, 0.25) is 0 Å². The summed E-state index contributed by atoms with van der Waals surface area (Å²) in [6, 6.07) is 11.3. The van der Waals surface area contributed by atoms with Gasteiger partial charge in [0, 0.05) is 23.5 Å². The lowest BCUT2D eigenvalue weighted by Crippen LogP contribution is -2.32. The van der Waals surface area contributed by atoms with Crippen LogP contribution in [0.15, 0.2) is 60.9 Å². The SMILES string of the molecule is NC(Cc1ccc(O)c(-c2ccn[nH]2)c1)C(=O)O.NC(Cc1ccc(O)c(-c2ccn[nH]2)c1)C(=O)O. The average Bonchev–Trinajstić information content (AvgIpc) is 3.56. The molecule has 0 aliphatic heterocycles. The van der Waals surface area contributed by atoms with Crippen molar-refractivity contribution in [2.45, 2.75) is 24.9 Å². The molecule has 10 N–H and O–H groups in total. The van der Waals surface area contributed by atoms with E-state index in [0.717, 1.165) is 11.1 Å². The topological polar surface area (TPSA) is 224 Å². The van der Waals surface area contributed by atoms with Crippen molar-refractivity contribution in [2.24, 2.45) is 11.5 Å². The molecule has 12 heteroatoms. The largest absolute Gasteiger partial charge is 0.507 e. The Hall–Kier alpha value is -4.68. The van der Waals surface area contributed by atoms with Crippen LogP contribution in [0.1, 0.15) is 11.1 Å². The fourth-order valence-electron chi connectivity index (χ4n) is 3.35. The summed E-state index contributed by atoms with van der Waals surface area (Å²) in [6.07, 6.45) is 3.56. The molecule has 0 aliphatic rings. The third-order valence-corrected chi connectivity index (χ3v) is 5.25. The van der Waals surface area contributed by atoms with Crippen molar-refractivity contribution < 1.29 is 30.0 Å². The van der Waals surface area contributed by atoms with Gasteiger partial charge >= 0.3 is 11.9 Å². The number of aromatic nitrogens is 4. The number of aromatic hydroxyl groups is 2. The highest BCUT2D eigenvalue weighted by Crippen LogP contribution is 2.29. The Kier molecular flexibility index (Phi) is 8.39. The van der Waals surface area contributed by atoms with Gasteiger partial charge in [-0.3, -0.25) is 19.8 Å². The first kappa shape index (κ1) is 25.9. The van der Waals surface area contributed by atoms with Gasteiger partial charge in [-0.2, -0.15) is 10.2 Å². The van der Waals surface area contributed by atoms with Gasteiger partial charge in [0.1, 0.15) is 23.6 Å². The highest BCUT2D eigenvalue weighted by atomic mass is 16.4. The Bertz CT molecular complexity index is 1210. The quantitative estimate of drug-likeness (QED) is 0.176. The standard InChI is InChI=1S/2C12H13N3O3/c2*13-9(12(17)18)6-7-1-2-11(16)8(5-7)10-3-4-14-15-10/h2*1-5,9,16H,6,13H2,(H,14,15)(H,17,18). The number of carbonyl (C=O) groups is 2. The molecule has 0 saturated carbocycles. The molecule has 4 rings (SSSR count). The number of hydrogen-bond donors (Lipinski definition) is 8. The monoisotopic (exact) mass is 494 g/mol. The number of hydrogen-bond acceptors (Lipinski definition) is 8. The Morgan fingerprint density at radius 3 is 1.42 bits per heavy atom. The predicted molar refractivity (Wildman–Crippen MR) is 130 cm³/mol. The van der Waals surface area contributed by atoms with Crippen LogP contribution in [0.25, 0.3) is 22.5 Å². The molecule has 188 valence electrons. The van der Waals surface area contributed by atoms with Crippen LogP contribution in [0, 0.1) is 0 Å². The molecule has 4 aromatic rings. The molecular weight excluding hydrogens is 468 g/mol. The molecule has 12 nitrogen and oxygen atoms in total. The number of H-pyrrole nitrogens is 2. The van der Waals surface area contributed by atoms with E-state index in [2.05, 4.69) is 20.4 Å². The summed E-state index contributed by atoms with van der Waals surface area (Å²) < 4.78 is 0. The van der Waals surface area contributed by atoms with E-state index in [0.29, 0.717) is 22.5 Å². The molecule has 0 aliphatic carbocycles. The molecule has 0 bridgehead atoms. The number of nitrogens with two attached hydrogens (primary N) is 2. The normalized spacial score (nSPS) is 12.3. The second-order valence-electron chi connectivity index (χ2n) is 7.94. The highest BCUT2D eigenvalue weighted by Gasteiger charge is 2.15. The Balaban J connectivity index is 0.000000201. The summed E-state index contributed by atoms with van der Waals surface area (Å²) >= 11 is 0. The number of phenolic OH excluding ortho intramolecular Hbond substituents is 2. The van der Waals surface area contributed by atoms with Gasteiger partial charge in [-0.1, -0.05) is 12.1 Å². The molecule has 2 heterocycles. The lowest BCUT2D eigenvalue weighted by Gasteiger charge is -2.09. The summed E-state index contributed by atoms with van der Waals surface area (Å²) in [5, 5.41) is 50.1. The van der Waals surface area contributed by atoms with E-state index in [4.69, 9.17) is 21.7 Å². The number of nitrogens with zero attached hydrogens (tertiary/aromatic N) is 2. The zero-order valence-corrected chi connectivity index (χ0v) is 19.0. The molecule has 0 fully saturated rings. The van der Waals surface area contributed by atoms with E-state index in [1.165, 1.54) is 12.1 Å². The number of aliphatic carboxylic acids is 2. The first-order valence-electron chi connectivity index (χ1n) is 10.8. The summed E-state index contributed by atoms with van der Waals surface area (Å²) in [6.45, 7) is 0. The Labute approximate surface area is 205 Å². The molecule has 2 aromatic carbocycles. The van der Waals surface area contributed by atoms with Crippen LogP contribution in [-0.4, -0.2) is 64.8 Å². The van der Waals surface area contributed by atoms with Crippen molar-refractivity contribution in [3.8, 4) is 34.0 Å². The molecule has 0 radical (unpaired) electrons. The highest BCUT2D eigenvalue weighted by molar-refractivity contribution is 5.75. The zero-order chi connectivity index (χ0) is 26.2. The van der Waals surface area contributed by atoms with Gasteiger partial charge in [0.05, 0.1) is 11.4 Å². The smallest absolute Gasteiger partial charge is 0.320 e. The Morgan fingerprint density at radius 1 is 0.722 bits per heavy atom. The number of carboxylic acids is 2. The molecule has 2 unspecified atom stereocenters. The molecule has 0 spiro atoms. The van der Waals surface area contributed by atoms with E-state index in [-0.39, 0.29) is 24.3 Å². The van der Waals surface area contributed by atoms with Crippen LogP contribution in [-0.2, 0) is 22.4 Å². The maximum Gasteiger partial charge on any atom is 0.320 e. The summed E-state index contributed by atoms with van der Waals surface area (Å²) in [5.74, 6) is -1.89. The van der Waals surface area contributed by atoms with E-state index in [9.17, 15) is 19.8 Å². The number of phenols is 2. The van der Waals surface area contributed by atoms with Gasteiger partial charge < -0.3 is 31.9 Å².